The van der Waals surface area contributed by atoms with E-state index in [4.69, 9.17) is 9.84 Å². The van der Waals surface area contributed by atoms with E-state index in [2.05, 4.69) is 4.72 Å². The van der Waals surface area contributed by atoms with Crippen LogP contribution in [0.2, 0.25) is 0 Å². The number of nitrogens with zero attached hydrogens (tertiary/aromatic N) is 1. The van der Waals surface area contributed by atoms with E-state index in [9.17, 15) is 13.5 Å². The summed E-state index contributed by atoms with van der Waals surface area (Å²) in [5.74, 6) is -0.102. The number of phenols is 1. The second-order valence-corrected chi connectivity index (χ2v) is 7.28. The van der Waals surface area contributed by atoms with Crippen molar-refractivity contribution in [2.75, 3.05) is 24.1 Å². The molecule has 0 saturated carbocycles. The zero-order valence-electron chi connectivity index (χ0n) is 13.6. The first-order chi connectivity index (χ1) is 12.0. The minimum Gasteiger partial charge on any atom is -0.506 e. The predicted octanol–water partition coefficient (Wildman–Crippen LogP) is 1.61. The third kappa shape index (κ3) is 3.87. The molecule has 2 aromatic rings. The third-order valence-electron chi connectivity index (χ3n) is 3.91. The van der Waals surface area contributed by atoms with Crippen molar-refractivity contribution in [1.29, 1.82) is 0 Å². The number of hydrogen-bond donors (Lipinski definition) is 3. The monoisotopic (exact) mass is 364 g/mol. The highest BCUT2D eigenvalue weighted by molar-refractivity contribution is 7.91. The summed E-state index contributed by atoms with van der Waals surface area (Å²) in [4.78, 5) is 0. The molecule has 3 rings (SSSR count). The van der Waals surface area contributed by atoms with Crippen LogP contribution in [-0.4, -0.2) is 38.5 Å². The van der Waals surface area contributed by atoms with Gasteiger partial charge in [-0.3, -0.25) is 4.72 Å². The fraction of sp³-hybridized carbons (Fsp3) is 0.294. The number of hydrogen-bond acceptors (Lipinski definition) is 5. The third-order valence-corrected chi connectivity index (χ3v) is 5.18. The first-order valence-electron chi connectivity index (χ1n) is 7.94. The molecule has 1 aliphatic rings. The van der Waals surface area contributed by atoms with Gasteiger partial charge in [-0.1, -0.05) is 18.2 Å². The highest BCUT2D eigenvalue weighted by atomic mass is 32.2. The van der Waals surface area contributed by atoms with E-state index in [1.165, 1.54) is 12.4 Å². The Balaban J connectivity index is 1.84. The lowest BCUT2D eigenvalue weighted by atomic mass is 10.0. The lowest BCUT2D eigenvalue weighted by Crippen LogP contribution is -2.28. The zero-order valence-corrected chi connectivity index (χ0v) is 14.4. The molecule has 0 atom stereocenters. The smallest absolute Gasteiger partial charge is 0.327 e. The Kier molecular flexibility index (Phi) is 5.12. The second kappa shape index (κ2) is 7.30. The van der Waals surface area contributed by atoms with Crippen molar-refractivity contribution in [1.82, 2.24) is 4.72 Å². The van der Waals surface area contributed by atoms with E-state index in [0.717, 1.165) is 33.5 Å². The van der Waals surface area contributed by atoms with Crippen LogP contribution in [0, 0.1) is 0 Å². The molecule has 0 spiro atoms. The van der Waals surface area contributed by atoms with Crippen LogP contribution in [0.4, 0.5) is 5.69 Å². The summed E-state index contributed by atoms with van der Waals surface area (Å²) in [6.07, 6.45) is 4.30. The van der Waals surface area contributed by atoms with Crippen molar-refractivity contribution in [2.45, 2.75) is 12.8 Å². The molecule has 3 N–H and O–H groups in total. The van der Waals surface area contributed by atoms with Gasteiger partial charge in [-0.15, -0.1) is 0 Å². The number of aromatic hydroxyl groups is 1. The van der Waals surface area contributed by atoms with E-state index in [-0.39, 0.29) is 18.0 Å². The number of nitrogens with one attached hydrogen (secondary N) is 1. The number of ether oxygens (including phenoxy) is 1. The van der Waals surface area contributed by atoms with Gasteiger partial charge in [-0.05, 0) is 41.3 Å². The van der Waals surface area contributed by atoms with Crippen LogP contribution in [0.25, 0.3) is 10.8 Å². The first kappa shape index (κ1) is 17.5. The molecule has 0 aliphatic carbocycles. The molecule has 0 radical (unpaired) electrons. The van der Waals surface area contributed by atoms with E-state index < -0.39 is 10.2 Å². The summed E-state index contributed by atoms with van der Waals surface area (Å²) in [7, 11) is -3.69. The van der Waals surface area contributed by atoms with Gasteiger partial charge in [-0.2, -0.15) is 8.42 Å². The Morgan fingerprint density at radius 3 is 2.68 bits per heavy atom. The molecule has 7 nitrogen and oxygen atoms in total. The highest BCUT2D eigenvalue weighted by Crippen LogP contribution is 2.35. The molecule has 1 aliphatic heterocycles. The number of aliphatic hydroxyl groups is 1. The average Bonchev–Trinajstić information content (AvgIpc) is 2.93. The molecule has 1 heterocycles. The Bertz CT molecular complexity index is 895. The molecule has 0 saturated heterocycles. The largest absolute Gasteiger partial charge is 0.506 e. The molecule has 25 heavy (non-hydrogen) atoms. The molecule has 0 aromatic heterocycles. The Morgan fingerprint density at radius 2 is 1.96 bits per heavy atom. The van der Waals surface area contributed by atoms with Crippen molar-refractivity contribution >= 4 is 26.7 Å². The molecule has 0 unspecified atom stereocenters. The molecule has 8 heteroatoms. The van der Waals surface area contributed by atoms with Gasteiger partial charge in [0, 0.05) is 19.0 Å². The zero-order chi connectivity index (χ0) is 17.9. The number of rotatable bonds is 7. The topological polar surface area (TPSA) is 99.1 Å². The maximum Gasteiger partial charge on any atom is 0.327 e. The Hall–Kier alpha value is -2.29. The van der Waals surface area contributed by atoms with E-state index >= 15 is 0 Å². The van der Waals surface area contributed by atoms with Gasteiger partial charge in [0.05, 0.1) is 13.2 Å². The van der Waals surface area contributed by atoms with E-state index in [1.54, 1.807) is 12.1 Å². The summed E-state index contributed by atoms with van der Waals surface area (Å²) in [5, 5.41) is 20.5. The summed E-state index contributed by atoms with van der Waals surface area (Å²) >= 11 is 0. The van der Waals surface area contributed by atoms with Crippen LogP contribution in [-0.2, 0) is 21.4 Å². The average molecular weight is 364 g/mol. The number of fused-ring (bicyclic) bond motifs is 1. The molecule has 0 amide bonds. The lowest BCUT2D eigenvalue weighted by Gasteiger charge is -2.17. The van der Waals surface area contributed by atoms with Crippen molar-refractivity contribution < 1.29 is 23.4 Å². The standard InChI is InChI=1S/C17H20N2O5S/c20-7-9-24-8-1-2-13-3-4-14-12-17(21)16(11-15(14)10-13)19-6-5-18-25(19,22)23/h3-6,10-12,18,20-21H,1-2,7-9H2. The number of anilines is 1. The first-order valence-corrected chi connectivity index (χ1v) is 9.38. The van der Waals surface area contributed by atoms with E-state index in [0.29, 0.717) is 13.2 Å². The summed E-state index contributed by atoms with van der Waals surface area (Å²) in [6.45, 7) is 0.930. The summed E-state index contributed by atoms with van der Waals surface area (Å²) in [6, 6.07) is 9.06. The maximum absolute atomic E-state index is 12.0. The van der Waals surface area contributed by atoms with Gasteiger partial charge in [0.15, 0.2) is 0 Å². The Morgan fingerprint density at radius 1 is 1.12 bits per heavy atom. The van der Waals surface area contributed by atoms with Gasteiger partial charge < -0.3 is 14.9 Å². The highest BCUT2D eigenvalue weighted by Gasteiger charge is 2.26. The Labute approximate surface area is 146 Å². The van der Waals surface area contributed by atoms with Crippen LogP contribution in [0.1, 0.15) is 12.0 Å². The molecule has 0 bridgehead atoms. The van der Waals surface area contributed by atoms with Gasteiger partial charge in [0.1, 0.15) is 11.4 Å². The molecule has 0 fully saturated rings. The predicted molar refractivity (Wildman–Crippen MR) is 95.5 cm³/mol. The van der Waals surface area contributed by atoms with Crippen LogP contribution in [0.3, 0.4) is 0 Å². The van der Waals surface area contributed by atoms with Crippen molar-refractivity contribution in [3.63, 3.8) is 0 Å². The van der Waals surface area contributed by atoms with Crippen molar-refractivity contribution in [3.05, 3.63) is 48.3 Å². The van der Waals surface area contributed by atoms with E-state index in [1.807, 2.05) is 18.2 Å². The van der Waals surface area contributed by atoms with Crippen LogP contribution in [0.15, 0.2) is 42.7 Å². The van der Waals surface area contributed by atoms with Crippen LogP contribution >= 0.6 is 0 Å². The maximum atomic E-state index is 12.0. The second-order valence-electron chi connectivity index (χ2n) is 5.70. The van der Waals surface area contributed by atoms with Gasteiger partial charge in [-0.25, -0.2) is 4.31 Å². The number of aryl methyl sites for hydroxylation is 1. The molecular formula is C17H20N2O5S. The summed E-state index contributed by atoms with van der Waals surface area (Å²) < 4.78 is 32.4. The minimum absolute atomic E-state index is 0.0188. The van der Waals surface area contributed by atoms with Gasteiger partial charge in [0.25, 0.3) is 0 Å². The fourth-order valence-electron chi connectivity index (χ4n) is 2.73. The lowest BCUT2D eigenvalue weighted by molar-refractivity contribution is 0.0909. The van der Waals surface area contributed by atoms with Crippen LogP contribution < -0.4 is 9.03 Å². The summed E-state index contributed by atoms with van der Waals surface area (Å²) in [5.41, 5.74) is 1.30. The molecule has 2 aromatic carbocycles. The van der Waals surface area contributed by atoms with Crippen molar-refractivity contribution in [2.24, 2.45) is 0 Å². The number of aliphatic hydroxyl groups excluding tert-OH is 1. The fourth-order valence-corrected chi connectivity index (χ4v) is 3.70. The normalized spacial score (nSPS) is 15.6. The number of benzene rings is 2. The minimum atomic E-state index is -3.69. The van der Waals surface area contributed by atoms with Crippen LogP contribution in [0.5, 0.6) is 5.75 Å². The molecular weight excluding hydrogens is 344 g/mol. The SMILES string of the molecule is O=S1(=O)NC=CN1c1cc2cc(CCCOCCO)ccc2cc1O. The quantitative estimate of drug-likeness (QED) is 0.648. The van der Waals surface area contributed by atoms with Gasteiger partial charge >= 0.3 is 10.2 Å². The molecule has 134 valence electrons. The van der Waals surface area contributed by atoms with Crippen molar-refractivity contribution in [3.8, 4) is 5.75 Å². The number of phenolic OH excluding ortho intramolecular Hbond substituents is 1. The van der Waals surface area contributed by atoms with Gasteiger partial charge in [0.2, 0.25) is 0 Å².